The first-order valence-corrected chi connectivity index (χ1v) is 9.08. The van der Waals surface area contributed by atoms with E-state index in [1.807, 2.05) is 42.5 Å². The van der Waals surface area contributed by atoms with Crippen molar-refractivity contribution in [3.05, 3.63) is 54.1 Å². The Kier molecular flexibility index (Phi) is 4.63. The molecule has 4 rings (SSSR count). The molecule has 3 N–H and O–H groups in total. The molecule has 0 spiro atoms. The Balaban J connectivity index is 1.47. The van der Waals surface area contributed by atoms with Gasteiger partial charge in [0.25, 0.3) is 5.91 Å². The van der Waals surface area contributed by atoms with Gasteiger partial charge in [0.1, 0.15) is 12.4 Å². The third kappa shape index (κ3) is 3.44. The second kappa shape index (κ2) is 7.22. The minimum absolute atomic E-state index is 0.425. The Morgan fingerprint density at radius 1 is 1.12 bits per heavy atom. The minimum Gasteiger partial charge on any atom is -0.492 e. The van der Waals surface area contributed by atoms with Gasteiger partial charge in [-0.1, -0.05) is 12.1 Å². The van der Waals surface area contributed by atoms with Gasteiger partial charge in [-0.25, -0.2) is 0 Å². The lowest BCUT2D eigenvalue weighted by molar-refractivity contribution is 0.100. The van der Waals surface area contributed by atoms with E-state index in [0.29, 0.717) is 12.2 Å². The number of nitrogens with zero attached hydrogens (tertiary/aromatic N) is 1. The maximum absolute atomic E-state index is 11.6. The molecule has 1 amide bonds. The number of nitrogens with two attached hydrogens (primary N) is 1. The molecule has 2 heterocycles. The molecule has 3 aromatic rings. The van der Waals surface area contributed by atoms with Gasteiger partial charge in [-0.15, -0.1) is 0 Å². The van der Waals surface area contributed by atoms with Crippen LogP contribution in [-0.2, 0) is 0 Å². The number of hydrogen-bond donors (Lipinski definition) is 2. The first-order valence-electron chi connectivity index (χ1n) is 9.08. The zero-order chi connectivity index (χ0) is 17.9. The van der Waals surface area contributed by atoms with E-state index in [9.17, 15) is 4.79 Å². The van der Waals surface area contributed by atoms with Gasteiger partial charge in [-0.2, -0.15) is 0 Å². The molecule has 0 saturated carbocycles. The van der Waals surface area contributed by atoms with Gasteiger partial charge in [0.15, 0.2) is 0 Å². The zero-order valence-corrected chi connectivity index (χ0v) is 14.7. The summed E-state index contributed by atoms with van der Waals surface area (Å²) >= 11 is 0. The number of nitrogens with one attached hydrogen (secondary N) is 1. The van der Waals surface area contributed by atoms with Crippen LogP contribution in [0.5, 0.6) is 5.75 Å². The van der Waals surface area contributed by atoms with Gasteiger partial charge in [0.2, 0.25) is 0 Å². The van der Waals surface area contributed by atoms with E-state index in [1.54, 1.807) is 6.07 Å². The summed E-state index contributed by atoms with van der Waals surface area (Å²) in [5, 5.41) is 0.974. The number of ether oxygens (including phenoxy) is 1. The molecule has 5 nitrogen and oxygen atoms in total. The molecular formula is C21H23N3O2. The molecule has 5 heteroatoms. The van der Waals surface area contributed by atoms with E-state index in [0.717, 1.165) is 34.5 Å². The third-order valence-corrected chi connectivity index (χ3v) is 4.96. The fourth-order valence-electron chi connectivity index (χ4n) is 3.55. The van der Waals surface area contributed by atoms with E-state index < -0.39 is 5.91 Å². The summed E-state index contributed by atoms with van der Waals surface area (Å²) < 4.78 is 5.86. The van der Waals surface area contributed by atoms with E-state index in [4.69, 9.17) is 10.5 Å². The van der Waals surface area contributed by atoms with E-state index >= 15 is 0 Å². The largest absolute Gasteiger partial charge is 0.492 e. The number of rotatable bonds is 6. The second-order valence-corrected chi connectivity index (χ2v) is 6.74. The van der Waals surface area contributed by atoms with E-state index in [-0.39, 0.29) is 0 Å². The van der Waals surface area contributed by atoms with Crippen LogP contribution in [0.15, 0.2) is 48.5 Å². The van der Waals surface area contributed by atoms with Crippen LogP contribution in [0.4, 0.5) is 0 Å². The third-order valence-electron chi connectivity index (χ3n) is 4.96. The van der Waals surface area contributed by atoms with Gasteiger partial charge in [-0.3, -0.25) is 9.69 Å². The molecule has 1 saturated heterocycles. The van der Waals surface area contributed by atoms with Gasteiger partial charge >= 0.3 is 0 Å². The Morgan fingerprint density at radius 3 is 2.62 bits per heavy atom. The van der Waals surface area contributed by atoms with Gasteiger partial charge in [0.05, 0.1) is 11.1 Å². The Morgan fingerprint density at radius 2 is 1.88 bits per heavy atom. The van der Waals surface area contributed by atoms with Crippen molar-refractivity contribution < 1.29 is 9.53 Å². The summed E-state index contributed by atoms with van der Waals surface area (Å²) in [4.78, 5) is 17.3. The molecule has 1 aromatic heterocycles. The zero-order valence-electron chi connectivity index (χ0n) is 14.7. The lowest BCUT2D eigenvalue weighted by atomic mass is 10.1. The number of hydrogen-bond acceptors (Lipinski definition) is 3. The average Bonchev–Trinajstić information content (AvgIpc) is 3.31. The van der Waals surface area contributed by atoms with E-state index in [1.165, 1.54) is 25.9 Å². The Bertz CT molecular complexity index is 909. The van der Waals surface area contributed by atoms with Gasteiger partial charge in [-0.05, 0) is 67.9 Å². The summed E-state index contributed by atoms with van der Waals surface area (Å²) in [6, 6.07) is 15.6. The highest BCUT2D eigenvalue weighted by atomic mass is 16.5. The number of primary amides is 1. The van der Waals surface area contributed by atoms with Crippen molar-refractivity contribution in [2.24, 2.45) is 5.73 Å². The SMILES string of the molecule is NC(=O)c1cccc2cc(-c3ccc(OCCN4CCCC4)cc3)[nH]c12. The van der Waals surface area contributed by atoms with Crippen LogP contribution in [0.25, 0.3) is 22.2 Å². The summed E-state index contributed by atoms with van der Waals surface area (Å²) in [6.45, 7) is 4.08. The normalized spacial score (nSPS) is 14.8. The molecule has 26 heavy (non-hydrogen) atoms. The van der Waals surface area contributed by atoms with Crippen molar-refractivity contribution in [1.82, 2.24) is 9.88 Å². The average molecular weight is 349 g/mol. The fourth-order valence-corrected chi connectivity index (χ4v) is 3.55. The maximum atomic E-state index is 11.6. The molecule has 0 radical (unpaired) electrons. The standard InChI is InChI=1S/C21H23N3O2/c22-21(25)18-5-3-4-16-14-19(23-20(16)18)15-6-8-17(9-7-15)26-13-12-24-10-1-2-11-24/h3-9,14,23H,1-2,10-13H2,(H2,22,25). The summed E-state index contributed by atoms with van der Waals surface area (Å²) in [6.07, 6.45) is 2.60. The molecule has 0 aliphatic carbocycles. The van der Waals surface area contributed by atoms with Crippen molar-refractivity contribution in [1.29, 1.82) is 0 Å². The summed E-state index contributed by atoms with van der Waals surface area (Å²) in [7, 11) is 0. The maximum Gasteiger partial charge on any atom is 0.250 e. The number of amides is 1. The Labute approximate surface area is 152 Å². The molecule has 0 atom stereocenters. The number of para-hydroxylation sites is 1. The quantitative estimate of drug-likeness (QED) is 0.716. The highest BCUT2D eigenvalue weighted by molar-refractivity contribution is 6.06. The predicted octanol–water partition coefficient (Wildman–Crippen LogP) is 3.41. The minimum atomic E-state index is -0.425. The lowest BCUT2D eigenvalue weighted by Gasteiger charge is -2.14. The molecule has 0 unspecified atom stereocenters. The van der Waals surface area contributed by atoms with E-state index in [2.05, 4.69) is 9.88 Å². The Hall–Kier alpha value is -2.79. The highest BCUT2D eigenvalue weighted by Crippen LogP contribution is 2.27. The van der Waals surface area contributed by atoms with Crippen LogP contribution in [0.1, 0.15) is 23.2 Å². The van der Waals surface area contributed by atoms with Crippen molar-refractivity contribution in [3.63, 3.8) is 0 Å². The molecule has 1 fully saturated rings. The molecule has 2 aromatic carbocycles. The van der Waals surface area contributed by atoms with Crippen LogP contribution >= 0.6 is 0 Å². The van der Waals surface area contributed by atoms with Crippen LogP contribution in [0.2, 0.25) is 0 Å². The smallest absolute Gasteiger partial charge is 0.250 e. The molecular weight excluding hydrogens is 326 g/mol. The number of aromatic nitrogens is 1. The summed E-state index contributed by atoms with van der Waals surface area (Å²) in [5.74, 6) is 0.452. The van der Waals surface area contributed by atoms with Crippen LogP contribution < -0.4 is 10.5 Å². The van der Waals surface area contributed by atoms with Crippen LogP contribution in [-0.4, -0.2) is 42.0 Å². The highest BCUT2D eigenvalue weighted by Gasteiger charge is 2.12. The number of aromatic amines is 1. The van der Waals surface area contributed by atoms with Gasteiger partial charge in [0, 0.05) is 17.6 Å². The molecule has 1 aliphatic heterocycles. The fraction of sp³-hybridized carbons (Fsp3) is 0.286. The second-order valence-electron chi connectivity index (χ2n) is 6.74. The number of likely N-dealkylation sites (tertiary alicyclic amines) is 1. The first-order chi connectivity index (χ1) is 12.7. The van der Waals surface area contributed by atoms with Crippen molar-refractivity contribution in [2.45, 2.75) is 12.8 Å². The first kappa shape index (κ1) is 16.7. The van der Waals surface area contributed by atoms with Crippen LogP contribution in [0, 0.1) is 0 Å². The number of carbonyl (C=O) groups is 1. The molecule has 0 bridgehead atoms. The van der Waals surface area contributed by atoms with Crippen LogP contribution in [0.3, 0.4) is 0 Å². The lowest BCUT2D eigenvalue weighted by Crippen LogP contribution is -2.25. The van der Waals surface area contributed by atoms with Gasteiger partial charge < -0.3 is 15.5 Å². The molecule has 1 aliphatic rings. The predicted molar refractivity (Wildman–Crippen MR) is 103 cm³/mol. The number of H-pyrrole nitrogens is 1. The monoisotopic (exact) mass is 349 g/mol. The summed E-state index contributed by atoms with van der Waals surface area (Å²) in [5.41, 5.74) is 8.75. The van der Waals surface area contributed by atoms with Crippen molar-refractivity contribution >= 4 is 16.8 Å². The number of fused-ring (bicyclic) bond motifs is 1. The number of carbonyl (C=O) groups excluding carboxylic acids is 1. The van der Waals surface area contributed by atoms with Crippen molar-refractivity contribution in [3.8, 4) is 17.0 Å². The van der Waals surface area contributed by atoms with Crippen molar-refractivity contribution in [2.75, 3.05) is 26.2 Å². The molecule has 134 valence electrons. The number of benzene rings is 2. The topological polar surface area (TPSA) is 71.4 Å².